The second-order valence-corrected chi connectivity index (χ2v) is 3.51. The monoisotopic (exact) mass is 214 g/mol. The molecule has 0 bridgehead atoms. The Morgan fingerprint density at radius 3 is 2.88 bits per heavy atom. The molecule has 4 heteroatoms. The number of nitrogens with zero attached hydrogens (tertiary/aromatic N) is 3. The second kappa shape index (κ2) is 4.18. The van der Waals surface area contributed by atoms with Crippen molar-refractivity contribution in [2.45, 2.75) is 13.0 Å². The van der Waals surface area contributed by atoms with Crippen LogP contribution in [0.2, 0.25) is 0 Å². The fraction of sp³-hybridized carbons (Fsp3) is 0.167. The molecule has 0 aliphatic heterocycles. The van der Waals surface area contributed by atoms with Gasteiger partial charge in [0.15, 0.2) is 0 Å². The van der Waals surface area contributed by atoms with Gasteiger partial charge in [0.2, 0.25) is 0 Å². The molecule has 2 aromatic heterocycles. The van der Waals surface area contributed by atoms with Gasteiger partial charge in [-0.05, 0) is 0 Å². The Morgan fingerprint density at radius 2 is 2.19 bits per heavy atom. The Kier molecular flexibility index (Phi) is 2.72. The maximum absolute atomic E-state index is 6.06. The van der Waals surface area contributed by atoms with E-state index < -0.39 is 0 Å². The lowest BCUT2D eigenvalue weighted by Gasteiger charge is -2.05. The summed E-state index contributed by atoms with van der Waals surface area (Å²) in [6.07, 6.45) is 7.66. The van der Waals surface area contributed by atoms with Gasteiger partial charge in [0, 0.05) is 18.7 Å². The zero-order valence-corrected chi connectivity index (χ0v) is 9.06. The van der Waals surface area contributed by atoms with Crippen molar-refractivity contribution in [3.8, 4) is 0 Å². The minimum Gasteiger partial charge on any atom is -0.395 e. The predicted octanol–water partition coefficient (Wildman–Crippen LogP) is 1.93. The molecule has 0 aliphatic carbocycles. The number of hydrogen-bond acceptors (Lipinski definition) is 3. The van der Waals surface area contributed by atoms with Gasteiger partial charge in [-0.3, -0.25) is 0 Å². The van der Waals surface area contributed by atoms with Crippen LogP contribution in [0.15, 0.2) is 37.8 Å². The lowest BCUT2D eigenvalue weighted by molar-refractivity contribution is 0.811. The maximum atomic E-state index is 6.06. The van der Waals surface area contributed by atoms with Crippen molar-refractivity contribution in [1.82, 2.24) is 14.5 Å². The summed E-state index contributed by atoms with van der Waals surface area (Å²) in [5.41, 5.74) is 9.53. The Bertz CT molecular complexity index is 539. The minimum atomic E-state index is 0.699. The third kappa shape index (κ3) is 1.48. The standard InChI is InChI=1S/C12H14N4/c1-3-5-9-11(13)12-10(7-14-8-15-12)16(9)6-4-2/h3-4,7-8H,1-2,5-6,13H2. The molecule has 2 aromatic rings. The van der Waals surface area contributed by atoms with Crippen molar-refractivity contribution in [3.05, 3.63) is 43.5 Å². The first-order valence-corrected chi connectivity index (χ1v) is 5.08. The van der Waals surface area contributed by atoms with Crippen molar-refractivity contribution in [2.75, 3.05) is 5.73 Å². The average Bonchev–Trinajstić information content (AvgIpc) is 2.57. The third-order valence-electron chi connectivity index (χ3n) is 2.52. The maximum Gasteiger partial charge on any atom is 0.116 e. The number of nitrogens with two attached hydrogens (primary N) is 1. The number of rotatable bonds is 4. The topological polar surface area (TPSA) is 56.7 Å². The Labute approximate surface area is 94.1 Å². The molecule has 0 radical (unpaired) electrons. The molecule has 2 heterocycles. The van der Waals surface area contributed by atoms with E-state index in [9.17, 15) is 0 Å². The van der Waals surface area contributed by atoms with E-state index in [1.807, 2.05) is 12.2 Å². The Morgan fingerprint density at radius 1 is 1.38 bits per heavy atom. The number of fused-ring (bicyclic) bond motifs is 1. The van der Waals surface area contributed by atoms with Crippen LogP contribution < -0.4 is 5.73 Å². The molecule has 0 aliphatic rings. The Hall–Kier alpha value is -2.10. The first kappa shape index (κ1) is 10.4. The van der Waals surface area contributed by atoms with Gasteiger partial charge < -0.3 is 10.3 Å². The lowest BCUT2D eigenvalue weighted by atomic mass is 10.2. The van der Waals surface area contributed by atoms with Gasteiger partial charge in [0.05, 0.1) is 17.4 Å². The number of allylic oxidation sites excluding steroid dienone is 2. The second-order valence-electron chi connectivity index (χ2n) is 3.51. The van der Waals surface area contributed by atoms with E-state index in [2.05, 4.69) is 27.7 Å². The summed E-state index contributed by atoms with van der Waals surface area (Å²) in [4.78, 5) is 8.22. The lowest BCUT2D eigenvalue weighted by Crippen LogP contribution is -2.02. The van der Waals surface area contributed by atoms with E-state index in [4.69, 9.17) is 5.73 Å². The van der Waals surface area contributed by atoms with Crippen molar-refractivity contribution in [3.63, 3.8) is 0 Å². The molecule has 2 N–H and O–H groups in total. The van der Waals surface area contributed by atoms with Gasteiger partial charge >= 0.3 is 0 Å². The molecule has 0 aromatic carbocycles. The molecule has 0 amide bonds. The summed E-state index contributed by atoms with van der Waals surface area (Å²) in [5.74, 6) is 0. The summed E-state index contributed by atoms with van der Waals surface area (Å²) in [6, 6.07) is 0. The number of aromatic nitrogens is 3. The largest absolute Gasteiger partial charge is 0.395 e. The molecule has 0 saturated carbocycles. The van der Waals surface area contributed by atoms with Gasteiger partial charge in [-0.15, -0.1) is 13.2 Å². The first-order chi connectivity index (χ1) is 7.79. The molecular weight excluding hydrogens is 200 g/mol. The van der Waals surface area contributed by atoms with E-state index in [0.29, 0.717) is 12.2 Å². The van der Waals surface area contributed by atoms with Gasteiger partial charge in [-0.1, -0.05) is 12.2 Å². The van der Waals surface area contributed by atoms with Crippen LogP contribution in [0.4, 0.5) is 5.69 Å². The quantitative estimate of drug-likeness (QED) is 0.791. The van der Waals surface area contributed by atoms with E-state index in [1.54, 1.807) is 6.20 Å². The van der Waals surface area contributed by atoms with Crippen LogP contribution in [0, 0.1) is 0 Å². The number of anilines is 1. The molecule has 0 unspecified atom stereocenters. The molecular formula is C12H14N4. The van der Waals surface area contributed by atoms with Crippen molar-refractivity contribution >= 4 is 16.7 Å². The molecule has 82 valence electrons. The van der Waals surface area contributed by atoms with E-state index in [0.717, 1.165) is 23.1 Å². The van der Waals surface area contributed by atoms with Crippen molar-refractivity contribution < 1.29 is 0 Å². The molecule has 0 saturated heterocycles. The molecule has 2 rings (SSSR count). The van der Waals surface area contributed by atoms with Crippen LogP contribution in [0.5, 0.6) is 0 Å². The van der Waals surface area contributed by atoms with E-state index in [1.165, 1.54) is 6.33 Å². The van der Waals surface area contributed by atoms with Crippen LogP contribution >= 0.6 is 0 Å². The van der Waals surface area contributed by atoms with Crippen molar-refractivity contribution in [2.24, 2.45) is 0 Å². The molecule has 0 spiro atoms. The van der Waals surface area contributed by atoms with Crippen LogP contribution in [-0.2, 0) is 13.0 Å². The van der Waals surface area contributed by atoms with Crippen LogP contribution in [-0.4, -0.2) is 14.5 Å². The van der Waals surface area contributed by atoms with Gasteiger partial charge in [0.1, 0.15) is 11.8 Å². The summed E-state index contributed by atoms with van der Waals surface area (Å²) in [7, 11) is 0. The van der Waals surface area contributed by atoms with Gasteiger partial charge in [-0.2, -0.15) is 0 Å². The number of nitrogen functional groups attached to an aromatic ring is 1. The zero-order valence-electron chi connectivity index (χ0n) is 9.06. The molecule has 16 heavy (non-hydrogen) atoms. The first-order valence-electron chi connectivity index (χ1n) is 5.08. The predicted molar refractivity (Wildman–Crippen MR) is 66.0 cm³/mol. The highest BCUT2D eigenvalue weighted by molar-refractivity contribution is 5.89. The van der Waals surface area contributed by atoms with Crippen LogP contribution in [0.25, 0.3) is 11.0 Å². The van der Waals surface area contributed by atoms with E-state index >= 15 is 0 Å². The summed E-state index contributed by atoms with van der Waals surface area (Å²) >= 11 is 0. The van der Waals surface area contributed by atoms with Crippen LogP contribution in [0.3, 0.4) is 0 Å². The summed E-state index contributed by atoms with van der Waals surface area (Å²) in [6.45, 7) is 8.18. The molecule has 0 fully saturated rings. The summed E-state index contributed by atoms with van der Waals surface area (Å²) < 4.78 is 2.07. The van der Waals surface area contributed by atoms with Gasteiger partial charge in [-0.25, -0.2) is 9.97 Å². The van der Waals surface area contributed by atoms with Gasteiger partial charge in [0.25, 0.3) is 0 Å². The van der Waals surface area contributed by atoms with E-state index in [-0.39, 0.29) is 0 Å². The SMILES string of the molecule is C=CCc1c(N)c2ncncc2n1CC=C. The highest BCUT2D eigenvalue weighted by Crippen LogP contribution is 2.26. The normalized spacial score (nSPS) is 10.5. The fourth-order valence-electron chi connectivity index (χ4n) is 1.85. The average molecular weight is 214 g/mol. The van der Waals surface area contributed by atoms with Crippen molar-refractivity contribution in [1.29, 1.82) is 0 Å². The third-order valence-corrected chi connectivity index (χ3v) is 2.52. The smallest absolute Gasteiger partial charge is 0.116 e. The van der Waals surface area contributed by atoms with Crippen LogP contribution in [0.1, 0.15) is 5.69 Å². The highest BCUT2D eigenvalue weighted by atomic mass is 15.0. The number of hydrogen-bond donors (Lipinski definition) is 1. The summed E-state index contributed by atoms with van der Waals surface area (Å²) in [5, 5.41) is 0. The zero-order chi connectivity index (χ0) is 11.5. The Balaban J connectivity index is 2.74. The molecule has 4 nitrogen and oxygen atoms in total. The highest BCUT2D eigenvalue weighted by Gasteiger charge is 2.13. The molecule has 0 atom stereocenters. The minimum absolute atomic E-state index is 0.699. The fourth-order valence-corrected chi connectivity index (χ4v) is 1.85.